The molecule has 2 heterocycles. The summed E-state index contributed by atoms with van der Waals surface area (Å²) in [5, 5.41) is 13.8. The number of benzene rings is 2. The van der Waals surface area contributed by atoms with Gasteiger partial charge in [0.25, 0.3) is 0 Å². The molecule has 3 aromatic rings. The first kappa shape index (κ1) is 26.1. The lowest BCUT2D eigenvalue weighted by molar-refractivity contribution is -0.0360. The van der Waals surface area contributed by atoms with E-state index in [1.54, 1.807) is 25.1 Å². The van der Waals surface area contributed by atoms with Gasteiger partial charge in [0, 0.05) is 13.6 Å². The van der Waals surface area contributed by atoms with Crippen LogP contribution in [0.5, 0.6) is 17.4 Å². The third kappa shape index (κ3) is 5.09. The van der Waals surface area contributed by atoms with E-state index in [4.69, 9.17) is 9.47 Å². The molecule has 2 fully saturated rings. The average Bonchev–Trinajstić information content (AvgIpc) is 2.90. The second-order valence-corrected chi connectivity index (χ2v) is 11.6. The molecule has 0 amide bonds. The van der Waals surface area contributed by atoms with E-state index in [1.165, 1.54) is 19.4 Å². The summed E-state index contributed by atoms with van der Waals surface area (Å²) in [5.41, 5.74) is 0.606. The van der Waals surface area contributed by atoms with Crippen molar-refractivity contribution in [3.8, 4) is 23.4 Å². The number of fused-ring (bicyclic) bond motifs is 1. The number of nitrogens with zero attached hydrogens (tertiary/aromatic N) is 4. The lowest BCUT2D eigenvalue weighted by atomic mass is 9.62. The van der Waals surface area contributed by atoms with E-state index >= 15 is 0 Å². The molecule has 2 N–H and O–H groups in total. The number of halogens is 1. The van der Waals surface area contributed by atoms with Crippen LogP contribution in [-0.2, 0) is 10.2 Å². The van der Waals surface area contributed by atoms with Gasteiger partial charge in [0.2, 0.25) is 5.88 Å². The molecule has 1 saturated carbocycles. The van der Waals surface area contributed by atoms with Gasteiger partial charge in [-0.25, -0.2) is 14.4 Å². The van der Waals surface area contributed by atoms with Crippen LogP contribution in [0.1, 0.15) is 38.2 Å². The van der Waals surface area contributed by atoms with Gasteiger partial charge in [-0.3, -0.25) is 4.72 Å². The SMILES string of the molecule is CCN(C)S(=O)(=O)Nc1ccc(F)c(Oc2ccc3ncnc(OC4CC5(CCNCC5)C4)c3c2)c1C#N. The first-order valence-corrected chi connectivity index (χ1v) is 13.9. The molecule has 1 saturated heterocycles. The van der Waals surface area contributed by atoms with Crippen LogP contribution in [-0.4, -0.2) is 55.5 Å². The van der Waals surface area contributed by atoms with E-state index in [-0.39, 0.29) is 29.6 Å². The molecular formula is C26H29FN6O4S. The number of ether oxygens (including phenoxy) is 2. The Labute approximate surface area is 221 Å². The fraction of sp³-hybridized carbons (Fsp3) is 0.423. The predicted molar refractivity (Wildman–Crippen MR) is 140 cm³/mol. The van der Waals surface area contributed by atoms with Crippen molar-refractivity contribution in [2.45, 2.75) is 38.7 Å². The topological polar surface area (TPSA) is 129 Å². The number of rotatable bonds is 8. The first-order chi connectivity index (χ1) is 18.2. The van der Waals surface area contributed by atoms with Crippen LogP contribution in [0, 0.1) is 22.6 Å². The molecule has 0 atom stereocenters. The van der Waals surface area contributed by atoms with Crippen LogP contribution >= 0.6 is 0 Å². The maximum absolute atomic E-state index is 14.8. The molecule has 12 heteroatoms. The Hall–Kier alpha value is -3.53. The van der Waals surface area contributed by atoms with Gasteiger partial charge in [-0.15, -0.1) is 0 Å². The third-order valence-electron chi connectivity index (χ3n) is 7.37. The summed E-state index contributed by atoms with van der Waals surface area (Å²) in [6.07, 6.45) is 5.74. The number of anilines is 1. The molecule has 0 unspecified atom stereocenters. The van der Waals surface area contributed by atoms with E-state index < -0.39 is 21.8 Å². The van der Waals surface area contributed by atoms with Crippen molar-refractivity contribution >= 4 is 26.8 Å². The zero-order valence-electron chi connectivity index (χ0n) is 21.2. The molecule has 5 rings (SSSR count). The minimum Gasteiger partial charge on any atom is -0.474 e. The Morgan fingerprint density at radius 2 is 2.00 bits per heavy atom. The van der Waals surface area contributed by atoms with E-state index in [2.05, 4.69) is 20.0 Å². The molecule has 2 aromatic carbocycles. The van der Waals surface area contributed by atoms with Gasteiger partial charge in [-0.1, -0.05) is 6.92 Å². The summed E-state index contributed by atoms with van der Waals surface area (Å²) in [6.45, 7) is 3.94. The number of hydrogen-bond acceptors (Lipinski definition) is 8. The van der Waals surface area contributed by atoms with Crippen molar-refractivity contribution in [3.05, 3.63) is 48.0 Å². The Morgan fingerprint density at radius 3 is 2.71 bits per heavy atom. The van der Waals surface area contributed by atoms with E-state index in [0.29, 0.717) is 22.2 Å². The normalized spacial score (nSPS) is 17.2. The lowest BCUT2D eigenvalue weighted by Gasteiger charge is -2.49. The molecule has 0 radical (unpaired) electrons. The second kappa shape index (κ2) is 10.3. The van der Waals surface area contributed by atoms with Gasteiger partial charge in [0.05, 0.1) is 16.6 Å². The number of nitrogens with one attached hydrogen (secondary N) is 2. The minimum atomic E-state index is -3.93. The van der Waals surface area contributed by atoms with Crippen LogP contribution in [0.4, 0.5) is 10.1 Å². The highest BCUT2D eigenvalue weighted by Crippen LogP contribution is 2.49. The summed E-state index contributed by atoms with van der Waals surface area (Å²) < 4.78 is 55.3. The number of nitriles is 1. The van der Waals surface area contributed by atoms with Crippen molar-refractivity contribution in [1.29, 1.82) is 5.26 Å². The molecule has 0 bridgehead atoms. The maximum atomic E-state index is 14.8. The summed E-state index contributed by atoms with van der Waals surface area (Å²) >= 11 is 0. The fourth-order valence-corrected chi connectivity index (χ4v) is 5.98. The molecule has 1 spiro atoms. The van der Waals surface area contributed by atoms with Gasteiger partial charge in [-0.2, -0.15) is 18.0 Å². The van der Waals surface area contributed by atoms with Crippen LogP contribution in [0.2, 0.25) is 0 Å². The highest BCUT2D eigenvalue weighted by Gasteiger charge is 2.46. The predicted octanol–water partition coefficient (Wildman–Crippen LogP) is 3.95. The number of hydrogen-bond donors (Lipinski definition) is 2. The lowest BCUT2D eigenvalue weighted by Crippen LogP contribution is -2.49. The molecule has 10 nitrogen and oxygen atoms in total. The zero-order valence-corrected chi connectivity index (χ0v) is 22.0. The smallest absolute Gasteiger partial charge is 0.301 e. The van der Waals surface area contributed by atoms with Crippen molar-refractivity contribution in [3.63, 3.8) is 0 Å². The molecule has 1 aliphatic heterocycles. The zero-order chi connectivity index (χ0) is 26.9. The van der Waals surface area contributed by atoms with E-state index in [0.717, 1.165) is 49.1 Å². The van der Waals surface area contributed by atoms with Gasteiger partial charge in [0.15, 0.2) is 11.6 Å². The van der Waals surface area contributed by atoms with Crippen molar-refractivity contribution in [2.24, 2.45) is 5.41 Å². The molecule has 1 aromatic heterocycles. The fourth-order valence-electron chi connectivity index (χ4n) is 5.04. The maximum Gasteiger partial charge on any atom is 0.301 e. The summed E-state index contributed by atoms with van der Waals surface area (Å²) in [7, 11) is -2.54. The number of aromatic nitrogens is 2. The highest BCUT2D eigenvalue weighted by atomic mass is 32.2. The van der Waals surface area contributed by atoms with Crippen molar-refractivity contribution < 1.29 is 22.3 Å². The van der Waals surface area contributed by atoms with Crippen LogP contribution in [0.25, 0.3) is 10.9 Å². The van der Waals surface area contributed by atoms with Crippen LogP contribution in [0.15, 0.2) is 36.7 Å². The Balaban J connectivity index is 1.41. The Kier molecular flexibility index (Phi) is 7.09. The highest BCUT2D eigenvalue weighted by molar-refractivity contribution is 7.90. The summed E-state index contributed by atoms with van der Waals surface area (Å²) in [6, 6.07) is 9.01. The third-order valence-corrected chi connectivity index (χ3v) is 8.93. The van der Waals surface area contributed by atoms with Gasteiger partial charge in [0.1, 0.15) is 29.8 Å². The summed E-state index contributed by atoms with van der Waals surface area (Å²) in [4.78, 5) is 8.62. The van der Waals surface area contributed by atoms with Crippen LogP contribution < -0.4 is 19.5 Å². The molecule has 2 aliphatic rings. The molecule has 1 aliphatic carbocycles. The van der Waals surface area contributed by atoms with Gasteiger partial charge in [-0.05, 0) is 74.5 Å². The Bertz CT molecular complexity index is 1500. The number of piperidine rings is 1. The van der Waals surface area contributed by atoms with Crippen LogP contribution in [0.3, 0.4) is 0 Å². The first-order valence-electron chi connectivity index (χ1n) is 12.5. The van der Waals surface area contributed by atoms with Gasteiger partial charge < -0.3 is 14.8 Å². The van der Waals surface area contributed by atoms with Crippen molar-refractivity contribution in [2.75, 3.05) is 31.4 Å². The summed E-state index contributed by atoms with van der Waals surface area (Å²) in [5.74, 6) is -0.561. The monoisotopic (exact) mass is 540 g/mol. The molecular weight excluding hydrogens is 511 g/mol. The van der Waals surface area contributed by atoms with E-state index in [9.17, 15) is 18.1 Å². The van der Waals surface area contributed by atoms with E-state index in [1.807, 2.05) is 6.07 Å². The van der Waals surface area contributed by atoms with Crippen molar-refractivity contribution in [1.82, 2.24) is 19.6 Å². The molecule has 200 valence electrons. The quantitative estimate of drug-likeness (QED) is 0.439. The second-order valence-electron chi connectivity index (χ2n) is 9.79. The van der Waals surface area contributed by atoms with Gasteiger partial charge >= 0.3 is 10.2 Å². The molecule has 38 heavy (non-hydrogen) atoms. The largest absolute Gasteiger partial charge is 0.474 e. The minimum absolute atomic E-state index is 0.0596. The standard InChI is InChI=1S/C26H29FN6O4S/c1-3-33(2)38(34,35)32-23-7-5-21(27)24(20(23)15-28)36-17-4-6-22-19(12-17)25(31-16-30-22)37-18-13-26(14-18)8-10-29-11-9-26/h4-7,12,16,18,29,32H,3,8-11,13-14H2,1-2H3. The Morgan fingerprint density at radius 1 is 1.24 bits per heavy atom. The average molecular weight is 541 g/mol.